The van der Waals surface area contributed by atoms with E-state index in [-0.39, 0.29) is 0 Å². The summed E-state index contributed by atoms with van der Waals surface area (Å²) in [5, 5.41) is 13.4. The Bertz CT molecular complexity index is 459. The molecule has 4 nitrogen and oxygen atoms in total. The highest BCUT2D eigenvalue weighted by molar-refractivity contribution is 7.16. The van der Waals surface area contributed by atoms with Gasteiger partial charge in [0.2, 0.25) is 0 Å². The van der Waals surface area contributed by atoms with Crippen molar-refractivity contribution in [3.05, 3.63) is 10.0 Å². The van der Waals surface area contributed by atoms with Crippen molar-refractivity contribution in [3.63, 3.8) is 0 Å². The van der Waals surface area contributed by atoms with Gasteiger partial charge in [-0.1, -0.05) is 22.9 Å². The number of hydrogen-bond acceptors (Lipinski definition) is 5. The van der Waals surface area contributed by atoms with Crippen molar-refractivity contribution >= 4 is 28.1 Å². The Labute approximate surface area is 109 Å². The number of nitrogens with zero attached hydrogens (tertiary/aromatic N) is 3. The summed E-state index contributed by atoms with van der Waals surface area (Å²) in [6.07, 6.45) is 2.53. The van der Waals surface area contributed by atoms with E-state index in [1.165, 1.54) is 37.3 Å². The van der Waals surface area contributed by atoms with Crippen molar-refractivity contribution in [1.29, 1.82) is 5.26 Å². The molecule has 3 aliphatic rings. The van der Waals surface area contributed by atoms with Crippen LogP contribution in [0, 0.1) is 17.2 Å². The molecule has 0 spiro atoms. The van der Waals surface area contributed by atoms with Crippen LogP contribution in [0.1, 0.15) is 17.7 Å². The van der Waals surface area contributed by atoms with Crippen molar-refractivity contribution in [1.82, 2.24) is 9.88 Å². The summed E-state index contributed by atoms with van der Waals surface area (Å²) in [5.74, 6) is 0.744. The summed E-state index contributed by atoms with van der Waals surface area (Å²) < 4.78 is 0. The van der Waals surface area contributed by atoms with Crippen LogP contribution < -0.4 is 5.32 Å². The predicted octanol–water partition coefficient (Wildman–Crippen LogP) is 2.17. The molecule has 1 atom stereocenters. The predicted molar refractivity (Wildman–Crippen MR) is 68.4 cm³/mol. The second-order valence-corrected chi connectivity index (χ2v) is 6.00. The van der Waals surface area contributed by atoms with E-state index >= 15 is 0 Å². The minimum Gasteiger partial charge on any atom is -0.357 e. The highest BCUT2D eigenvalue weighted by atomic mass is 35.5. The van der Waals surface area contributed by atoms with Crippen LogP contribution in [0.5, 0.6) is 0 Å². The molecule has 3 saturated heterocycles. The van der Waals surface area contributed by atoms with E-state index < -0.39 is 0 Å². The van der Waals surface area contributed by atoms with E-state index in [9.17, 15) is 0 Å². The lowest BCUT2D eigenvalue weighted by atomic mass is 9.84. The number of halogens is 1. The van der Waals surface area contributed by atoms with Crippen LogP contribution in [-0.2, 0) is 0 Å². The number of rotatable bonds is 2. The van der Waals surface area contributed by atoms with E-state index in [4.69, 9.17) is 16.9 Å². The molecule has 1 N–H and O–H groups in total. The average Bonchev–Trinajstić information content (AvgIpc) is 2.71. The third kappa shape index (κ3) is 2.13. The molecule has 0 amide bonds. The molecule has 17 heavy (non-hydrogen) atoms. The number of aromatic nitrogens is 1. The van der Waals surface area contributed by atoms with Crippen LogP contribution in [0.25, 0.3) is 0 Å². The number of thiazole rings is 1. The zero-order valence-electron chi connectivity index (χ0n) is 9.32. The zero-order valence-corrected chi connectivity index (χ0v) is 10.9. The van der Waals surface area contributed by atoms with Gasteiger partial charge in [-0.3, -0.25) is 0 Å². The molecule has 1 aromatic heterocycles. The van der Waals surface area contributed by atoms with E-state index in [0.29, 0.717) is 16.1 Å². The maximum absolute atomic E-state index is 8.84. The fourth-order valence-electron chi connectivity index (χ4n) is 2.72. The van der Waals surface area contributed by atoms with Gasteiger partial charge in [-0.2, -0.15) is 5.26 Å². The fourth-order valence-corrected chi connectivity index (χ4v) is 3.73. The van der Waals surface area contributed by atoms with Gasteiger partial charge in [0.05, 0.1) is 0 Å². The quantitative estimate of drug-likeness (QED) is 0.893. The Kier molecular flexibility index (Phi) is 2.95. The molecule has 4 heterocycles. The van der Waals surface area contributed by atoms with Crippen LogP contribution in [0.3, 0.4) is 0 Å². The largest absolute Gasteiger partial charge is 0.357 e. The van der Waals surface area contributed by atoms with Gasteiger partial charge in [0.1, 0.15) is 10.9 Å². The summed E-state index contributed by atoms with van der Waals surface area (Å²) in [6, 6.07) is 2.52. The molecule has 0 saturated carbocycles. The van der Waals surface area contributed by atoms with E-state index in [1.807, 2.05) is 0 Å². The first kappa shape index (κ1) is 11.3. The Morgan fingerprint density at radius 1 is 1.47 bits per heavy atom. The standard InChI is InChI=1S/C11H13ClN4S/c12-10-9(5-13)17-11(15-10)14-8-6-16-3-1-7(8)2-4-16/h7-8H,1-4,6H2,(H,14,15). The molecule has 0 aromatic carbocycles. The van der Waals surface area contributed by atoms with Crippen LogP contribution in [0.2, 0.25) is 5.15 Å². The molecule has 0 aliphatic carbocycles. The van der Waals surface area contributed by atoms with Gasteiger partial charge in [0.15, 0.2) is 10.3 Å². The molecule has 1 aromatic rings. The van der Waals surface area contributed by atoms with E-state index in [1.54, 1.807) is 0 Å². The van der Waals surface area contributed by atoms with Crippen LogP contribution >= 0.6 is 22.9 Å². The maximum atomic E-state index is 8.84. The van der Waals surface area contributed by atoms with Crippen LogP contribution in [-0.4, -0.2) is 35.6 Å². The monoisotopic (exact) mass is 268 g/mol. The summed E-state index contributed by atoms with van der Waals surface area (Å²) in [5.41, 5.74) is 0. The zero-order chi connectivity index (χ0) is 11.8. The normalized spacial score (nSPS) is 31.2. The Hall–Kier alpha value is -0.830. The molecule has 4 rings (SSSR count). The summed E-state index contributed by atoms with van der Waals surface area (Å²) in [7, 11) is 0. The van der Waals surface area contributed by atoms with Crippen molar-refractivity contribution in [2.75, 3.05) is 25.0 Å². The Balaban J connectivity index is 1.72. The molecule has 90 valence electrons. The van der Waals surface area contributed by atoms with Crippen LogP contribution in [0.15, 0.2) is 0 Å². The molecular formula is C11H13ClN4S. The van der Waals surface area contributed by atoms with E-state index in [0.717, 1.165) is 17.6 Å². The lowest BCUT2D eigenvalue weighted by molar-refractivity contribution is 0.0975. The maximum Gasteiger partial charge on any atom is 0.185 e. The molecule has 6 heteroatoms. The fraction of sp³-hybridized carbons (Fsp3) is 0.636. The summed E-state index contributed by atoms with van der Waals surface area (Å²) in [6.45, 7) is 3.54. The summed E-state index contributed by atoms with van der Waals surface area (Å²) in [4.78, 5) is 7.17. The second-order valence-electron chi connectivity index (χ2n) is 4.64. The van der Waals surface area contributed by atoms with Crippen molar-refractivity contribution in [2.24, 2.45) is 5.92 Å². The third-order valence-electron chi connectivity index (χ3n) is 3.65. The van der Waals surface area contributed by atoms with Gasteiger partial charge in [0, 0.05) is 12.6 Å². The molecule has 2 bridgehead atoms. The van der Waals surface area contributed by atoms with Crippen molar-refractivity contribution in [3.8, 4) is 6.07 Å². The van der Waals surface area contributed by atoms with Crippen LogP contribution in [0.4, 0.5) is 5.13 Å². The molecule has 3 fully saturated rings. The third-order valence-corrected chi connectivity index (χ3v) is 4.93. The SMILES string of the molecule is N#Cc1sc(NC2CN3CCC2CC3)nc1Cl. The molecule has 0 radical (unpaired) electrons. The number of fused-ring (bicyclic) bond motifs is 3. The highest BCUT2D eigenvalue weighted by Gasteiger charge is 2.34. The number of hydrogen-bond donors (Lipinski definition) is 1. The van der Waals surface area contributed by atoms with Gasteiger partial charge in [0.25, 0.3) is 0 Å². The highest BCUT2D eigenvalue weighted by Crippen LogP contribution is 2.32. The first-order valence-electron chi connectivity index (χ1n) is 5.81. The number of nitrogens with one attached hydrogen (secondary N) is 1. The lowest BCUT2D eigenvalue weighted by Crippen LogP contribution is -2.53. The Morgan fingerprint density at radius 2 is 2.24 bits per heavy atom. The molecular weight excluding hydrogens is 256 g/mol. The lowest BCUT2D eigenvalue weighted by Gasteiger charge is -2.44. The van der Waals surface area contributed by atoms with Crippen molar-refractivity contribution < 1.29 is 0 Å². The Morgan fingerprint density at radius 3 is 2.76 bits per heavy atom. The minimum atomic E-state index is 0.321. The van der Waals surface area contributed by atoms with Gasteiger partial charge in [-0.25, -0.2) is 4.98 Å². The van der Waals surface area contributed by atoms with Crippen molar-refractivity contribution in [2.45, 2.75) is 18.9 Å². The number of nitriles is 1. The molecule has 3 aliphatic heterocycles. The first-order chi connectivity index (χ1) is 8.26. The first-order valence-corrected chi connectivity index (χ1v) is 7.01. The number of piperidine rings is 3. The molecule has 1 unspecified atom stereocenters. The second kappa shape index (κ2) is 4.45. The average molecular weight is 269 g/mol. The smallest absolute Gasteiger partial charge is 0.185 e. The van der Waals surface area contributed by atoms with E-state index in [2.05, 4.69) is 21.3 Å². The van der Waals surface area contributed by atoms with Gasteiger partial charge in [-0.15, -0.1) is 0 Å². The van der Waals surface area contributed by atoms with Gasteiger partial charge < -0.3 is 10.2 Å². The topological polar surface area (TPSA) is 52.0 Å². The minimum absolute atomic E-state index is 0.321. The van der Waals surface area contributed by atoms with Gasteiger partial charge >= 0.3 is 0 Å². The summed E-state index contributed by atoms with van der Waals surface area (Å²) >= 11 is 7.21. The van der Waals surface area contributed by atoms with Gasteiger partial charge in [-0.05, 0) is 31.8 Å². The number of anilines is 1.